The van der Waals surface area contributed by atoms with Gasteiger partial charge >= 0.3 is 0 Å². The van der Waals surface area contributed by atoms with E-state index in [2.05, 4.69) is 11.9 Å². The second-order valence-corrected chi connectivity index (χ2v) is 3.72. The molecule has 13 heavy (non-hydrogen) atoms. The van der Waals surface area contributed by atoms with Crippen LogP contribution in [0.1, 0.15) is 5.56 Å². The van der Waals surface area contributed by atoms with Crippen molar-refractivity contribution in [3.05, 3.63) is 46.5 Å². The smallest absolute Gasteiger partial charge is 0.0406 e. The van der Waals surface area contributed by atoms with Crippen molar-refractivity contribution >= 4 is 23.2 Å². The second-order valence-electron chi connectivity index (χ2n) is 2.75. The Kier molecular flexibility index (Phi) is 4.29. The predicted octanol–water partition coefficient (Wildman–Crippen LogP) is 3.18. The molecule has 0 saturated carbocycles. The van der Waals surface area contributed by atoms with E-state index in [1.807, 2.05) is 24.3 Å². The normalized spacial score (nSPS) is 10.0. The first-order valence-electron chi connectivity index (χ1n) is 3.97. The highest BCUT2D eigenvalue weighted by Gasteiger charge is 1.92. The minimum Gasteiger partial charge on any atom is -0.308 e. The van der Waals surface area contributed by atoms with Gasteiger partial charge in [-0.15, -0.1) is 0 Å². The third-order valence-corrected chi connectivity index (χ3v) is 1.94. The fraction of sp³-hybridized carbons (Fsp3) is 0.200. The Labute approximate surface area is 88.4 Å². The van der Waals surface area contributed by atoms with Gasteiger partial charge in [-0.05, 0) is 17.7 Å². The number of hydrogen-bond donors (Lipinski definition) is 1. The average Bonchev–Trinajstić information content (AvgIpc) is 2.08. The van der Waals surface area contributed by atoms with E-state index in [-0.39, 0.29) is 0 Å². The van der Waals surface area contributed by atoms with Crippen molar-refractivity contribution in [2.45, 2.75) is 6.54 Å². The Hall–Kier alpha value is -0.500. The van der Waals surface area contributed by atoms with Gasteiger partial charge in [-0.1, -0.05) is 41.9 Å². The number of nitrogens with one attached hydrogen (secondary N) is 1. The molecule has 3 heteroatoms. The molecule has 1 rings (SSSR count). The molecule has 0 fully saturated rings. The van der Waals surface area contributed by atoms with Gasteiger partial charge in [0.1, 0.15) is 0 Å². The van der Waals surface area contributed by atoms with Gasteiger partial charge in [0.15, 0.2) is 0 Å². The Morgan fingerprint density at radius 2 is 1.92 bits per heavy atom. The van der Waals surface area contributed by atoms with Gasteiger partial charge < -0.3 is 5.32 Å². The maximum Gasteiger partial charge on any atom is 0.0406 e. The fourth-order valence-corrected chi connectivity index (χ4v) is 1.17. The van der Waals surface area contributed by atoms with E-state index in [0.717, 1.165) is 11.6 Å². The number of benzene rings is 1. The Balaban J connectivity index is 2.37. The molecule has 0 bridgehead atoms. The molecular formula is C10H11Cl2N. The van der Waals surface area contributed by atoms with Crippen molar-refractivity contribution in [2.24, 2.45) is 0 Å². The summed E-state index contributed by atoms with van der Waals surface area (Å²) in [5.74, 6) is 0. The first-order valence-corrected chi connectivity index (χ1v) is 4.72. The monoisotopic (exact) mass is 215 g/mol. The first kappa shape index (κ1) is 10.6. The molecule has 1 N–H and O–H groups in total. The van der Waals surface area contributed by atoms with Crippen molar-refractivity contribution in [3.63, 3.8) is 0 Å². The SMILES string of the molecule is C=C(Cl)CNCc1ccc(Cl)cc1. The standard InChI is InChI=1S/C10H11Cl2N/c1-8(11)6-13-7-9-2-4-10(12)5-3-9/h2-5,13H,1,6-7H2. The van der Waals surface area contributed by atoms with Gasteiger partial charge in [0.25, 0.3) is 0 Å². The molecule has 0 heterocycles. The fourth-order valence-electron chi connectivity index (χ4n) is 0.945. The van der Waals surface area contributed by atoms with Crippen LogP contribution in [0, 0.1) is 0 Å². The molecule has 0 aliphatic rings. The lowest BCUT2D eigenvalue weighted by Gasteiger charge is -2.03. The van der Waals surface area contributed by atoms with Crippen LogP contribution in [0.3, 0.4) is 0 Å². The van der Waals surface area contributed by atoms with E-state index in [9.17, 15) is 0 Å². The number of rotatable bonds is 4. The Bertz CT molecular complexity index is 279. The summed E-state index contributed by atoms with van der Waals surface area (Å²) in [5, 5.41) is 4.52. The van der Waals surface area contributed by atoms with Crippen LogP contribution in [0.5, 0.6) is 0 Å². The molecule has 0 aliphatic carbocycles. The maximum atomic E-state index is 5.74. The molecule has 0 atom stereocenters. The molecule has 1 nitrogen and oxygen atoms in total. The lowest BCUT2D eigenvalue weighted by atomic mass is 10.2. The molecule has 0 aliphatic heterocycles. The van der Waals surface area contributed by atoms with E-state index in [1.165, 1.54) is 5.56 Å². The molecule has 70 valence electrons. The third-order valence-electron chi connectivity index (χ3n) is 1.56. The van der Waals surface area contributed by atoms with Crippen LogP contribution >= 0.6 is 23.2 Å². The van der Waals surface area contributed by atoms with Crippen LogP contribution in [0.25, 0.3) is 0 Å². The van der Waals surface area contributed by atoms with Crippen LogP contribution in [0.15, 0.2) is 35.9 Å². The summed E-state index contributed by atoms with van der Waals surface area (Å²) in [7, 11) is 0. The zero-order valence-electron chi connectivity index (χ0n) is 7.19. The maximum absolute atomic E-state index is 5.74. The van der Waals surface area contributed by atoms with Gasteiger partial charge in [0.2, 0.25) is 0 Å². The second kappa shape index (κ2) is 5.28. The van der Waals surface area contributed by atoms with Crippen molar-refractivity contribution in [1.29, 1.82) is 0 Å². The largest absolute Gasteiger partial charge is 0.308 e. The average molecular weight is 216 g/mol. The van der Waals surface area contributed by atoms with Crippen molar-refractivity contribution in [2.75, 3.05) is 6.54 Å². The Morgan fingerprint density at radius 1 is 1.31 bits per heavy atom. The first-order chi connectivity index (χ1) is 6.18. The van der Waals surface area contributed by atoms with Crippen LogP contribution in [0.4, 0.5) is 0 Å². The summed E-state index contributed by atoms with van der Waals surface area (Å²) in [6.45, 7) is 4.99. The van der Waals surface area contributed by atoms with Gasteiger partial charge in [-0.25, -0.2) is 0 Å². The van der Waals surface area contributed by atoms with Gasteiger partial charge in [0.05, 0.1) is 0 Å². The minimum atomic E-state index is 0.619. The summed E-state index contributed by atoms with van der Waals surface area (Å²) in [5.41, 5.74) is 1.18. The highest BCUT2D eigenvalue weighted by molar-refractivity contribution is 6.30. The molecule has 0 amide bonds. The summed E-state index contributed by atoms with van der Waals surface area (Å²) < 4.78 is 0. The van der Waals surface area contributed by atoms with E-state index < -0.39 is 0 Å². The van der Waals surface area contributed by atoms with E-state index in [1.54, 1.807) is 0 Å². The summed E-state index contributed by atoms with van der Waals surface area (Å²) in [6.07, 6.45) is 0. The lowest BCUT2D eigenvalue weighted by molar-refractivity contribution is 0.755. The zero-order chi connectivity index (χ0) is 9.68. The van der Waals surface area contributed by atoms with Crippen molar-refractivity contribution in [3.8, 4) is 0 Å². The molecule has 0 saturated heterocycles. The number of hydrogen-bond acceptors (Lipinski definition) is 1. The molecular weight excluding hydrogens is 205 g/mol. The van der Waals surface area contributed by atoms with Crippen LogP contribution < -0.4 is 5.32 Å². The minimum absolute atomic E-state index is 0.619. The third kappa shape index (κ3) is 4.32. The molecule has 0 radical (unpaired) electrons. The van der Waals surface area contributed by atoms with Gasteiger partial charge in [-0.2, -0.15) is 0 Å². The molecule has 0 unspecified atom stereocenters. The quantitative estimate of drug-likeness (QED) is 0.814. The van der Waals surface area contributed by atoms with Gasteiger partial charge in [0, 0.05) is 23.1 Å². The van der Waals surface area contributed by atoms with E-state index in [4.69, 9.17) is 23.2 Å². The molecule has 0 aromatic heterocycles. The van der Waals surface area contributed by atoms with Crippen molar-refractivity contribution in [1.82, 2.24) is 5.32 Å². The molecule has 0 spiro atoms. The highest BCUT2D eigenvalue weighted by atomic mass is 35.5. The predicted molar refractivity (Wildman–Crippen MR) is 58.2 cm³/mol. The van der Waals surface area contributed by atoms with Crippen LogP contribution in [-0.4, -0.2) is 6.54 Å². The molecule has 1 aromatic rings. The van der Waals surface area contributed by atoms with Gasteiger partial charge in [-0.3, -0.25) is 0 Å². The van der Waals surface area contributed by atoms with Crippen LogP contribution in [-0.2, 0) is 6.54 Å². The summed E-state index contributed by atoms with van der Waals surface area (Å²) in [4.78, 5) is 0. The highest BCUT2D eigenvalue weighted by Crippen LogP contribution is 2.09. The lowest BCUT2D eigenvalue weighted by Crippen LogP contribution is -2.14. The van der Waals surface area contributed by atoms with Crippen LogP contribution in [0.2, 0.25) is 5.02 Å². The summed E-state index contributed by atoms with van der Waals surface area (Å²) >= 11 is 11.3. The zero-order valence-corrected chi connectivity index (χ0v) is 8.70. The van der Waals surface area contributed by atoms with E-state index >= 15 is 0 Å². The molecule has 1 aromatic carbocycles. The number of halogens is 2. The summed E-state index contributed by atoms with van der Waals surface area (Å²) in [6, 6.07) is 7.70. The Morgan fingerprint density at radius 3 is 2.46 bits per heavy atom. The topological polar surface area (TPSA) is 12.0 Å². The van der Waals surface area contributed by atoms with E-state index in [0.29, 0.717) is 11.6 Å². The van der Waals surface area contributed by atoms with Crippen molar-refractivity contribution < 1.29 is 0 Å².